The number of carbonyl (C=O) groups is 2. The zero-order chi connectivity index (χ0) is 18.9. The second-order valence-corrected chi connectivity index (χ2v) is 5.56. The summed E-state index contributed by atoms with van der Waals surface area (Å²) in [5, 5.41) is 2.80. The summed E-state index contributed by atoms with van der Waals surface area (Å²) in [6.45, 7) is 2.08. The van der Waals surface area contributed by atoms with Gasteiger partial charge in [-0.3, -0.25) is 14.6 Å². The number of nitrogens with one attached hydrogen (secondary N) is 1. The van der Waals surface area contributed by atoms with Gasteiger partial charge in [0.1, 0.15) is 0 Å². The molecular weight excluding hydrogens is 334 g/mol. The lowest BCUT2D eigenvalue weighted by atomic mass is 10.2. The van der Waals surface area contributed by atoms with Gasteiger partial charge < -0.3 is 19.7 Å². The van der Waals surface area contributed by atoms with E-state index in [1.165, 1.54) is 18.9 Å². The molecule has 1 heterocycles. The summed E-state index contributed by atoms with van der Waals surface area (Å²) >= 11 is 0. The second kappa shape index (κ2) is 9.41. The standard InChI is InChI=1S/C19H23N3O4/c1-14(23)22(16-7-8-17(25-2)18(12-16)26-3)11-9-19(24)21-13-15-6-4-5-10-20-15/h4-8,10,12H,9,11,13H2,1-3H3,(H,21,24). The summed E-state index contributed by atoms with van der Waals surface area (Å²) in [4.78, 5) is 29.8. The number of amides is 2. The van der Waals surface area contributed by atoms with Crippen LogP contribution in [0.15, 0.2) is 42.6 Å². The largest absolute Gasteiger partial charge is 0.493 e. The molecule has 0 saturated carbocycles. The van der Waals surface area contributed by atoms with E-state index in [-0.39, 0.29) is 24.8 Å². The molecule has 0 spiro atoms. The van der Waals surface area contributed by atoms with Crippen LogP contribution in [0.5, 0.6) is 11.5 Å². The Morgan fingerprint density at radius 2 is 1.88 bits per heavy atom. The molecule has 0 aliphatic rings. The van der Waals surface area contributed by atoms with Crippen molar-refractivity contribution in [2.45, 2.75) is 19.9 Å². The van der Waals surface area contributed by atoms with Crippen molar-refractivity contribution in [1.82, 2.24) is 10.3 Å². The molecule has 26 heavy (non-hydrogen) atoms. The summed E-state index contributed by atoms with van der Waals surface area (Å²) in [5.74, 6) is 0.792. The van der Waals surface area contributed by atoms with Gasteiger partial charge in [-0.1, -0.05) is 6.07 Å². The van der Waals surface area contributed by atoms with Crippen LogP contribution in [0, 0.1) is 0 Å². The van der Waals surface area contributed by atoms with Crippen LogP contribution in [0.25, 0.3) is 0 Å². The van der Waals surface area contributed by atoms with Gasteiger partial charge in [0.25, 0.3) is 0 Å². The van der Waals surface area contributed by atoms with Crippen molar-refractivity contribution in [3.05, 3.63) is 48.3 Å². The Hall–Kier alpha value is -3.09. The molecule has 0 unspecified atom stereocenters. The molecule has 1 N–H and O–H groups in total. The van der Waals surface area contributed by atoms with Crippen molar-refractivity contribution in [2.75, 3.05) is 25.7 Å². The zero-order valence-corrected chi connectivity index (χ0v) is 15.2. The Morgan fingerprint density at radius 1 is 1.12 bits per heavy atom. The fourth-order valence-corrected chi connectivity index (χ4v) is 2.45. The minimum absolute atomic E-state index is 0.151. The van der Waals surface area contributed by atoms with Gasteiger partial charge >= 0.3 is 0 Å². The first kappa shape index (κ1) is 19.2. The molecule has 0 saturated heterocycles. The lowest BCUT2D eigenvalue weighted by Gasteiger charge is -2.22. The molecule has 0 aliphatic heterocycles. The van der Waals surface area contributed by atoms with Gasteiger partial charge in [0.15, 0.2) is 11.5 Å². The third-order valence-corrected chi connectivity index (χ3v) is 3.81. The maximum atomic E-state index is 12.1. The highest BCUT2D eigenvalue weighted by Crippen LogP contribution is 2.31. The van der Waals surface area contributed by atoms with Crippen molar-refractivity contribution >= 4 is 17.5 Å². The Labute approximate surface area is 152 Å². The van der Waals surface area contributed by atoms with Crippen molar-refractivity contribution in [1.29, 1.82) is 0 Å². The summed E-state index contributed by atoms with van der Waals surface area (Å²) < 4.78 is 10.5. The third-order valence-electron chi connectivity index (χ3n) is 3.81. The van der Waals surface area contributed by atoms with E-state index >= 15 is 0 Å². The van der Waals surface area contributed by atoms with Crippen LogP contribution in [-0.4, -0.2) is 37.6 Å². The quantitative estimate of drug-likeness (QED) is 0.783. The van der Waals surface area contributed by atoms with Crippen LogP contribution in [0.3, 0.4) is 0 Å². The van der Waals surface area contributed by atoms with Gasteiger partial charge in [-0.25, -0.2) is 0 Å². The van der Waals surface area contributed by atoms with E-state index in [2.05, 4.69) is 10.3 Å². The van der Waals surface area contributed by atoms with Crippen molar-refractivity contribution in [3.8, 4) is 11.5 Å². The number of aromatic nitrogens is 1. The highest BCUT2D eigenvalue weighted by Gasteiger charge is 2.16. The maximum Gasteiger partial charge on any atom is 0.223 e. The van der Waals surface area contributed by atoms with Crippen LogP contribution >= 0.6 is 0 Å². The zero-order valence-electron chi connectivity index (χ0n) is 15.2. The van der Waals surface area contributed by atoms with E-state index in [0.717, 1.165) is 5.69 Å². The maximum absolute atomic E-state index is 12.1. The number of pyridine rings is 1. The molecule has 1 aromatic heterocycles. The third kappa shape index (κ3) is 5.20. The highest BCUT2D eigenvalue weighted by molar-refractivity contribution is 5.92. The summed E-state index contributed by atoms with van der Waals surface area (Å²) in [5.41, 5.74) is 1.43. The Kier molecular flexibility index (Phi) is 6.96. The first-order valence-corrected chi connectivity index (χ1v) is 8.22. The number of nitrogens with zero attached hydrogens (tertiary/aromatic N) is 2. The minimum atomic E-state index is -0.158. The Balaban J connectivity index is 1.98. The predicted octanol–water partition coefficient (Wildman–Crippen LogP) is 2.16. The summed E-state index contributed by atoms with van der Waals surface area (Å²) in [6, 6.07) is 10.7. The average molecular weight is 357 g/mol. The molecule has 2 amide bonds. The summed E-state index contributed by atoms with van der Waals surface area (Å²) in [6.07, 6.45) is 1.86. The first-order chi connectivity index (χ1) is 12.5. The second-order valence-electron chi connectivity index (χ2n) is 5.56. The number of anilines is 1. The van der Waals surface area contributed by atoms with Gasteiger partial charge in [-0.2, -0.15) is 0 Å². The predicted molar refractivity (Wildman–Crippen MR) is 98.3 cm³/mol. The van der Waals surface area contributed by atoms with Crippen LogP contribution < -0.4 is 19.7 Å². The molecule has 7 nitrogen and oxygen atoms in total. The van der Waals surface area contributed by atoms with Gasteiger partial charge in [0.05, 0.1) is 26.5 Å². The molecule has 2 rings (SSSR count). The van der Waals surface area contributed by atoms with Crippen LogP contribution in [-0.2, 0) is 16.1 Å². The van der Waals surface area contributed by atoms with Crippen LogP contribution in [0.4, 0.5) is 5.69 Å². The minimum Gasteiger partial charge on any atom is -0.493 e. The Bertz CT molecular complexity index is 750. The number of hydrogen-bond donors (Lipinski definition) is 1. The van der Waals surface area contributed by atoms with Crippen molar-refractivity contribution in [2.24, 2.45) is 0 Å². The lowest BCUT2D eigenvalue weighted by Crippen LogP contribution is -2.33. The number of ether oxygens (including phenoxy) is 2. The van der Waals surface area contributed by atoms with Gasteiger partial charge in [0, 0.05) is 37.8 Å². The normalized spacial score (nSPS) is 10.1. The monoisotopic (exact) mass is 357 g/mol. The highest BCUT2D eigenvalue weighted by atomic mass is 16.5. The van der Waals surface area contributed by atoms with Crippen LogP contribution in [0.2, 0.25) is 0 Å². The van der Waals surface area contributed by atoms with E-state index in [1.54, 1.807) is 31.5 Å². The molecule has 2 aromatic rings. The van der Waals surface area contributed by atoms with Crippen molar-refractivity contribution in [3.63, 3.8) is 0 Å². The molecule has 0 aliphatic carbocycles. The molecule has 0 fully saturated rings. The Morgan fingerprint density at radius 3 is 2.50 bits per heavy atom. The first-order valence-electron chi connectivity index (χ1n) is 8.22. The van der Waals surface area contributed by atoms with E-state index in [1.807, 2.05) is 18.2 Å². The number of benzene rings is 1. The van der Waals surface area contributed by atoms with E-state index < -0.39 is 0 Å². The fourth-order valence-electron chi connectivity index (χ4n) is 2.45. The number of methoxy groups -OCH3 is 2. The molecule has 1 aromatic carbocycles. The van der Waals surface area contributed by atoms with Gasteiger partial charge in [0.2, 0.25) is 11.8 Å². The lowest BCUT2D eigenvalue weighted by molar-refractivity contribution is -0.121. The number of hydrogen-bond acceptors (Lipinski definition) is 5. The van der Waals surface area contributed by atoms with Gasteiger partial charge in [-0.15, -0.1) is 0 Å². The molecular formula is C19H23N3O4. The van der Waals surface area contributed by atoms with E-state index in [0.29, 0.717) is 23.7 Å². The molecule has 0 bridgehead atoms. The van der Waals surface area contributed by atoms with E-state index in [9.17, 15) is 9.59 Å². The molecule has 0 atom stereocenters. The number of carbonyl (C=O) groups excluding carboxylic acids is 2. The molecule has 138 valence electrons. The fraction of sp³-hybridized carbons (Fsp3) is 0.316. The molecule has 0 radical (unpaired) electrons. The van der Waals surface area contributed by atoms with Crippen molar-refractivity contribution < 1.29 is 19.1 Å². The number of rotatable bonds is 8. The van der Waals surface area contributed by atoms with Crippen LogP contribution in [0.1, 0.15) is 19.0 Å². The van der Waals surface area contributed by atoms with Gasteiger partial charge in [-0.05, 0) is 24.3 Å². The van der Waals surface area contributed by atoms with E-state index in [4.69, 9.17) is 9.47 Å². The average Bonchev–Trinajstić information content (AvgIpc) is 2.66. The molecule has 7 heteroatoms. The smallest absolute Gasteiger partial charge is 0.223 e. The SMILES string of the molecule is COc1ccc(N(CCC(=O)NCc2ccccn2)C(C)=O)cc1OC. The summed E-state index contributed by atoms with van der Waals surface area (Å²) in [7, 11) is 3.08. The topological polar surface area (TPSA) is 80.8 Å².